The van der Waals surface area contributed by atoms with Crippen molar-refractivity contribution in [3.63, 3.8) is 0 Å². The number of hydrogen-bond donors (Lipinski definition) is 0. The lowest BCUT2D eigenvalue weighted by atomic mass is 10.1. The Balaban J connectivity index is 4.10. The molecule has 2 atom stereocenters. The number of methoxy groups -OCH3 is 1. The van der Waals surface area contributed by atoms with Crippen molar-refractivity contribution in [1.82, 2.24) is 0 Å². The Bertz CT molecular complexity index is 112. The molecule has 0 aromatic heterocycles. The molecule has 2 unspecified atom stereocenters. The molecule has 0 saturated carbocycles. The van der Waals surface area contributed by atoms with E-state index in [4.69, 9.17) is 4.74 Å². The molecule has 0 fully saturated rings. The molecule has 68 valence electrons. The number of ether oxygens (including phenoxy) is 1. The van der Waals surface area contributed by atoms with E-state index in [0.717, 1.165) is 11.0 Å². The first kappa shape index (κ1) is 10.9. The lowest BCUT2D eigenvalue weighted by Gasteiger charge is -2.37. The van der Waals surface area contributed by atoms with Crippen molar-refractivity contribution in [2.75, 3.05) is 27.7 Å². The van der Waals surface area contributed by atoms with Gasteiger partial charge in [0, 0.05) is 7.11 Å². The van der Waals surface area contributed by atoms with Crippen LogP contribution in [0.2, 0.25) is 0 Å². The highest BCUT2D eigenvalue weighted by molar-refractivity contribution is 4.59. The second kappa shape index (κ2) is 4.07. The van der Waals surface area contributed by atoms with Crippen molar-refractivity contribution in [3.05, 3.63) is 0 Å². The van der Waals surface area contributed by atoms with Gasteiger partial charge in [-0.2, -0.15) is 0 Å². The maximum Gasteiger partial charge on any atom is 0.112 e. The van der Waals surface area contributed by atoms with Crippen molar-refractivity contribution in [3.8, 4) is 0 Å². The minimum absolute atomic E-state index is 0.338. The monoisotopic (exact) mass is 160 g/mol. The molecular formula is C9H22NO+. The van der Waals surface area contributed by atoms with Gasteiger partial charge in [-0.25, -0.2) is 0 Å². The molecule has 0 saturated heterocycles. The van der Waals surface area contributed by atoms with E-state index in [2.05, 4.69) is 34.9 Å². The standard InChI is InChI=1S/C9H22NO/c1-7-10(4,5)8(2)9(3)11-6/h8-9H,7H2,1-6H3/q+1. The van der Waals surface area contributed by atoms with E-state index >= 15 is 0 Å². The molecule has 0 amide bonds. The Kier molecular flexibility index (Phi) is 4.04. The SMILES string of the molecule is CC[N+](C)(C)C(C)C(C)OC. The largest absolute Gasteiger partial charge is 0.376 e. The summed E-state index contributed by atoms with van der Waals surface area (Å²) in [4.78, 5) is 0. The van der Waals surface area contributed by atoms with Gasteiger partial charge in [-0.15, -0.1) is 0 Å². The van der Waals surface area contributed by atoms with E-state index in [9.17, 15) is 0 Å². The summed E-state index contributed by atoms with van der Waals surface area (Å²) < 4.78 is 6.31. The smallest absolute Gasteiger partial charge is 0.112 e. The van der Waals surface area contributed by atoms with Crippen LogP contribution in [0.4, 0.5) is 0 Å². The van der Waals surface area contributed by atoms with Crippen molar-refractivity contribution in [2.45, 2.75) is 32.9 Å². The molecule has 0 aliphatic carbocycles. The average Bonchev–Trinajstić information content (AvgIpc) is 2.01. The molecular weight excluding hydrogens is 138 g/mol. The minimum Gasteiger partial charge on any atom is -0.376 e. The summed E-state index contributed by atoms with van der Waals surface area (Å²) in [6.45, 7) is 7.71. The zero-order valence-corrected chi connectivity index (χ0v) is 8.72. The quantitative estimate of drug-likeness (QED) is 0.566. The number of likely N-dealkylation sites (N-methyl/N-ethyl adjacent to an activating group) is 1. The fourth-order valence-corrected chi connectivity index (χ4v) is 1.05. The Morgan fingerprint density at radius 1 is 1.27 bits per heavy atom. The van der Waals surface area contributed by atoms with Crippen LogP contribution in [-0.2, 0) is 4.74 Å². The summed E-state index contributed by atoms with van der Waals surface area (Å²) in [6, 6.07) is 0.560. The lowest BCUT2D eigenvalue weighted by molar-refractivity contribution is -0.914. The van der Waals surface area contributed by atoms with E-state index in [1.807, 2.05) is 0 Å². The van der Waals surface area contributed by atoms with Crippen LogP contribution in [0.5, 0.6) is 0 Å². The normalized spacial score (nSPS) is 18.0. The van der Waals surface area contributed by atoms with E-state index < -0.39 is 0 Å². The highest BCUT2D eigenvalue weighted by Gasteiger charge is 2.26. The van der Waals surface area contributed by atoms with Crippen molar-refractivity contribution >= 4 is 0 Å². The number of hydrogen-bond acceptors (Lipinski definition) is 1. The fraction of sp³-hybridized carbons (Fsp3) is 1.00. The summed E-state index contributed by atoms with van der Waals surface area (Å²) in [7, 11) is 6.25. The first-order valence-electron chi connectivity index (χ1n) is 4.31. The molecule has 0 aliphatic rings. The molecule has 0 aromatic carbocycles. The third-order valence-corrected chi connectivity index (χ3v) is 2.97. The Morgan fingerprint density at radius 3 is 2.00 bits per heavy atom. The average molecular weight is 160 g/mol. The molecule has 0 rings (SSSR count). The van der Waals surface area contributed by atoms with Crippen LogP contribution in [0.1, 0.15) is 20.8 Å². The summed E-state index contributed by atoms with van der Waals surface area (Å²) in [5, 5.41) is 0. The van der Waals surface area contributed by atoms with Gasteiger partial charge in [0.25, 0.3) is 0 Å². The van der Waals surface area contributed by atoms with E-state index in [1.165, 1.54) is 0 Å². The summed E-state index contributed by atoms with van der Waals surface area (Å²) >= 11 is 0. The fourth-order valence-electron chi connectivity index (χ4n) is 1.05. The van der Waals surface area contributed by atoms with Crippen molar-refractivity contribution < 1.29 is 9.22 Å². The number of quaternary nitrogens is 1. The van der Waals surface area contributed by atoms with Crippen LogP contribution in [0, 0.1) is 0 Å². The van der Waals surface area contributed by atoms with E-state index in [1.54, 1.807) is 7.11 Å². The maximum atomic E-state index is 5.28. The summed E-state index contributed by atoms with van der Waals surface area (Å²) in [6.07, 6.45) is 0.338. The van der Waals surface area contributed by atoms with Crippen LogP contribution < -0.4 is 0 Å². The Labute approximate surface area is 70.7 Å². The topological polar surface area (TPSA) is 9.23 Å². The highest BCUT2D eigenvalue weighted by atomic mass is 16.5. The molecule has 0 aromatic rings. The Morgan fingerprint density at radius 2 is 1.73 bits per heavy atom. The van der Waals surface area contributed by atoms with Crippen LogP contribution in [-0.4, -0.2) is 44.4 Å². The first-order chi connectivity index (χ1) is 4.95. The molecule has 0 aliphatic heterocycles. The molecule has 0 N–H and O–H groups in total. The summed E-state index contributed by atoms with van der Waals surface area (Å²) in [5.41, 5.74) is 0. The molecule has 2 nitrogen and oxygen atoms in total. The minimum atomic E-state index is 0.338. The highest BCUT2D eigenvalue weighted by Crippen LogP contribution is 2.11. The van der Waals surface area contributed by atoms with Gasteiger partial charge in [0.15, 0.2) is 0 Å². The number of nitrogens with zero attached hydrogens (tertiary/aromatic N) is 1. The third-order valence-electron chi connectivity index (χ3n) is 2.97. The van der Waals surface area contributed by atoms with Gasteiger partial charge in [-0.1, -0.05) is 0 Å². The predicted octanol–water partition coefficient (Wildman–Crippen LogP) is 1.51. The second-order valence-corrected chi connectivity index (χ2v) is 3.78. The zero-order chi connectivity index (χ0) is 9.07. The van der Waals surface area contributed by atoms with Crippen molar-refractivity contribution in [2.24, 2.45) is 0 Å². The van der Waals surface area contributed by atoms with Gasteiger partial charge in [-0.05, 0) is 20.8 Å². The molecule has 0 heterocycles. The van der Waals surface area contributed by atoms with Gasteiger partial charge in [0.2, 0.25) is 0 Å². The van der Waals surface area contributed by atoms with E-state index in [0.29, 0.717) is 12.1 Å². The van der Waals surface area contributed by atoms with Gasteiger partial charge in [0.1, 0.15) is 12.1 Å². The molecule has 0 bridgehead atoms. The maximum absolute atomic E-state index is 5.28. The molecule has 0 radical (unpaired) electrons. The molecule has 2 heteroatoms. The van der Waals surface area contributed by atoms with Gasteiger partial charge < -0.3 is 9.22 Å². The van der Waals surface area contributed by atoms with Gasteiger partial charge in [-0.3, -0.25) is 0 Å². The van der Waals surface area contributed by atoms with Crippen LogP contribution in [0.15, 0.2) is 0 Å². The van der Waals surface area contributed by atoms with Crippen molar-refractivity contribution in [1.29, 1.82) is 0 Å². The van der Waals surface area contributed by atoms with Gasteiger partial charge in [0.05, 0.1) is 20.6 Å². The molecule has 11 heavy (non-hydrogen) atoms. The Hall–Kier alpha value is -0.0800. The van der Waals surface area contributed by atoms with E-state index in [-0.39, 0.29) is 0 Å². The van der Waals surface area contributed by atoms with Gasteiger partial charge >= 0.3 is 0 Å². The second-order valence-electron chi connectivity index (χ2n) is 3.78. The lowest BCUT2D eigenvalue weighted by Crippen LogP contribution is -2.52. The van der Waals surface area contributed by atoms with Crippen LogP contribution >= 0.6 is 0 Å². The first-order valence-corrected chi connectivity index (χ1v) is 4.31. The number of rotatable bonds is 4. The van der Waals surface area contributed by atoms with Crippen LogP contribution in [0.25, 0.3) is 0 Å². The predicted molar refractivity (Wildman–Crippen MR) is 48.6 cm³/mol. The zero-order valence-electron chi connectivity index (χ0n) is 8.72. The van der Waals surface area contributed by atoms with Crippen LogP contribution in [0.3, 0.4) is 0 Å². The summed E-state index contributed by atoms with van der Waals surface area (Å²) in [5.74, 6) is 0. The third kappa shape index (κ3) is 2.80. The molecule has 0 spiro atoms.